The number of benzene rings is 1. The van der Waals surface area contributed by atoms with Gasteiger partial charge in [-0.1, -0.05) is 32.6 Å². The molecule has 1 heterocycles. The van der Waals surface area contributed by atoms with E-state index >= 15 is 0 Å². The second-order valence-electron chi connectivity index (χ2n) is 5.20. The molecule has 0 saturated heterocycles. The summed E-state index contributed by atoms with van der Waals surface area (Å²) in [6, 6.07) is 5.78. The lowest BCUT2D eigenvalue weighted by atomic mass is 10.0. The molecule has 3 nitrogen and oxygen atoms in total. The van der Waals surface area contributed by atoms with E-state index in [1.165, 1.54) is 19.3 Å². The van der Waals surface area contributed by atoms with E-state index in [0.717, 1.165) is 35.1 Å². The molecule has 0 aliphatic rings. The summed E-state index contributed by atoms with van der Waals surface area (Å²) in [6.07, 6.45) is 8.30. The van der Waals surface area contributed by atoms with Crippen LogP contribution in [0.1, 0.15) is 55.8 Å². The second-order valence-corrected chi connectivity index (χ2v) is 5.20. The van der Waals surface area contributed by atoms with Crippen molar-refractivity contribution in [2.24, 2.45) is 0 Å². The van der Waals surface area contributed by atoms with Crippen LogP contribution in [0.15, 0.2) is 24.4 Å². The monoisotopic (exact) mass is 273 g/mol. The summed E-state index contributed by atoms with van der Waals surface area (Å²) >= 11 is 0. The maximum atomic E-state index is 12.3. The number of hydrogen-bond acceptors (Lipinski definition) is 2. The lowest BCUT2D eigenvalue weighted by Gasteiger charge is -2.02. The lowest BCUT2D eigenvalue weighted by Crippen LogP contribution is -1.98. The van der Waals surface area contributed by atoms with Crippen LogP contribution >= 0.6 is 0 Å². The number of aromatic amines is 1. The van der Waals surface area contributed by atoms with E-state index in [2.05, 4.69) is 11.9 Å². The van der Waals surface area contributed by atoms with E-state index in [-0.39, 0.29) is 5.78 Å². The SMILES string of the molecule is CCCCCCCC(=O)c1c[nH]c2ccc(OC)cc12. The number of Topliss-reactive ketones (excluding diaryl/α,β-unsaturated/α-hetero) is 1. The highest BCUT2D eigenvalue weighted by Crippen LogP contribution is 2.25. The topological polar surface area (TPSA) is 42.1 Å². The van der Waals surface area contributed by atoms with Crippen LogP contribution in [0.25, 0.3) is 10.9 Å². The number of carbonyl (C=O) groups is 1. The molecule has 0 radical (unpaired) electrons. The highest BCUT2D eigenvalue weighted by Gasteiger charge is 2.12. The summed E-state index contributed by atoms with van der Waals surface area (Å²) < 4.78 is 5.23. The number of ketones is 1. The Morgan fingerprint density at radius 3 is 2.75 bits per heavy atom. The molecular formula is C17H23NO2. The average Bonchev–Trinajstić information content (AvgIpc) is 2.89. The minimum Gasteiger partial charge on any atom is -0.497 e. The van der Waals surface area contributed by atoms with Gasteiger partial charge in [0.15, 0.2) is 5.78 Å². The van der Waals surface area contributed by atoms with E-state index in [1.54, 1.807) is 7.11 Å². The van der Waals surface area contributed by atoms with Gasteiger partial charge in [-0.3, -0.25) is 4.79 Å². The van der Waals surface area contributed by atoms with Gasteiger partial charge in [-0.2, -0.15) is 0 Å². The molecule has 108 valence electrons. The Labute approximate surface area is 120 Å². The summed E-state index contributed by atoms with van der Waals surface area (Å²) in [7, 11) is 1.64. The van der Waals surface area contributed by atoms with Gasteiger partial charge in [-0.15, -0.1) is 0 Å². The third kappa shape index (κ3) is 3.41. The molecule has 1 aromatic carbocycles. The maximum absolute atomic E-state index is 12.3. The van der Waals surface area contributed by atoms with Gasteiger partial charge < -0.3 is 9.72 Å². The molecule has 3 heteroatoms. The Bertz CT molecular complexity index is 571. The van der Waals surface area contributed by atoms with Gasteiger partial charge in [-0.25, -0.2) is 0 Å². The van der Waals surface area contributed by atoms with Crippen LogP contribution in [-0.2, 0) is 0 Å². The fourth-order valence-electron chi connectivity index (χ4n) is 2.48. The number of carbonyl (C=O) groups excluding carboxylic acids is 1. The van der Waals surface area contributed by atoms with E-state index in [1.807, 2.05) is 24.4 Å². The van der Waals surface area contributed by atoms with Crippen LogP contribution in [-0.4, -0.2) is 17.9 Å². The standard InChI is InChI=1S/C17H23NO2/c1-3-4-5-6-7-8-17(19)15-12-18-16-10-9-13(20-2)11-14(15)16/h9-12,18H,3-8H2,1-2H3. The zero-order valence-corrected chi connectivity index (χ0v) is 12.4. The predicted molar refractivity (Wildman–Crippen MR) is 82.6 cm³/mol. The van der Waals surface area contributed by atoms with Crippen molar-refractivity contribution in [3.05, 3.63) is 30.0 Å². The maximum Gasteiger partial charge on any atom is 0.165 e. The van der Waals surface area contributed by atoms with E-state index in [9.17, 15) is 4.79 Å². The molecule has 1 aromatic heterocycles. The first-order valence-electron chi connectivity index (χ1n) is 7.44. The third-order valence-corrected chi connectivity index (χ3v) is 3.70. The van der Waals surface area contributed by atoms with Crippen LogP contribution in [0.2, 0.25) is 0 Å². The number of hydrogen-bond donors (Lipinski definition) is 1. The smallest absolute Gasteiger partial charge is 0.165 e. The molecule has 20 heavy (non-hydrogen) atoms. The molecule has 0 aliphatic heterocycles. The van der Waals surface area contributed by atoms with Crippen molar-refractivity contribution in [3.63, 3.8) is 0 Å². The van der Waals surface area contributed by atoms with Crippen molar-refractivity contribution in [3.8, 4) is 5.75 Å². The molecule has 0 fully saturated rings. The molecule has 0 saturated carbocycles. The molecule has 0 bridgehead atoms. The lowest BCUT2D eigenvalue weighted by molar-refractivity contribution is 0.0981. The van der Waals surface area contributed by atoms with Gasteiger partial charge in [0.25, 0.3) is 0 Å². The molecular weight excluding hydrogens is 250 g/mol. The first kappa shape index (κ1) is 14.6. The summed E-state index contributed by atoms with van der Waals surface area (Å²) in [5, 5.41) is 0.961. The van der Waals surface area contributed by atoms with Gasteiger partial charge in [0.05, 0.1) is 7.11 Å². The van der Waals surface area contributed by atoms with Crippen molar-refractivity contribution in [1.29, 1.82) is 0 Å². The molecule has 2 rings (SSSR count). The molecule has 1 N–H and O–H groups in total. The first-order chi connectivity index (χ1) is 9.76. The van der Waals surface area contributed by atoms with Crippen LogP contribution < -0.4 is 4.74 Å². The highest BCUT2D eigenvalue weighted by molar-refractivity contribution is 6.08. The number of ether oxygens (including phenoxy) is 1. The van der Waals surface area contributed by atoms with Gasteiger partial charge in [0.2, 0.25) is 0 Å². The number of methoxy groups -OCH3 is 1. The normalized spacial score (nSPS) is 10.9. The zero-order valence-electron chi connectivity index (χ0n) is 12.4. The number of nitrogens with one attached hydrogen (secondary N) is 1. The minimum absolute atomic E-state index is 0.223. The number of unbranched alkanes of at least 4 members (excludes halogenated alkanes) is 4. The molecule has 2 aromatic rings. The summed E-state index contributed by atoms with van der Waals surface area (Å²) in [5.74, 6) is 1.01. The fraction of sp³-hybridized carbons (Fsp3) is 0.471. The molecule has 0 amide bonds. The summed E-state index contributed by atoms with van der Waals surface area (Å²) in [6.45, 7) is 2.20. The molecule has 0 atom stereocenters. The third-order valence-electron chi connectivity index (χ3n) is 3.70. The summed E-state index contributed by atoms with van der Waals surface area (Å²) in [4.78, 5) is 15.4. The van der Waals surface area contributed by atoms with Crippen LogP contribution in [0, 0.1) is 0 Å². The fourth-order valence-corrected chi connectivity index (χ4v) is 2.48. The van der Waals surface area contributed by atoms with Crippen molar-refractivity contribution in [2.75, 3.05) is 7.11 Å². The Kier molecular flexibility index (Phi) is 5.22. The number of rotatable bonds is 8. The summed E-state index contributed by atoms with van der Waals surface area (Å²) in [5.41, 5.74) is 1.77. The Morgan fingerprint density at radius 1 is 1.20 bits per heavy atom. The Hall–Kier alpha value is -1.77. The Morgan fingerprint density at radius 2 is 2.00 bits per heavy atom. The number of H-pyrrole nitrogens is 1. The van der Waals surface area contributed by atoms with Crippen molar-refractivity contribution in [2.45, 2.75) is 45.4 Å². The van der Waals surface area contributed by atoms with Gasteiger partial charge in [-0.05, 0) is 24.6 Å². The van der Waals surface area contributed by atoms with Crippen molar-refractivity contribution < 1.29 is 9.53 Å². The minimum atomic E-state index is 0.223. The van der Waals surface area contributed by atoms with Crippen molar-refractivity contribution in [1.82, 2.24) is 4.98 Å². The number of fused-ring (bicyclic) bond motifs is 1. The van der Waals surface area contributed by atoms with Crippen LogP contribution in [0.3, 0.4) is 0 Å². The average molecular weight is 273 g/mol. The highest BCUT2D eigenvalue weighted by atomic mass is 16.5. The molecule has 0 spiro atoms. The van der Waals surface area contributed by atoms with Crippen molar-refractivity contribution >= 4 is 16.7 Å². The first-order valence-corrected chi connectivity index (χ1v) is 7.44. The molecule has 0 unspecified atom stereocenters. The largest absolute Gasteiger partial charge is 0.497 e. The Balaban J connectivity index is 2.02. The predicted octanol–water partition coefficient (Wildman–Crippen LogP) is 4.72. The quantitative estimate of drug-likeness (QED) is 0.558. The second kappa shape index (κ2) is 7.13. The van der Waals surface area contributed by atoms with Gasteiger partial charge in [0.1, 0.15) is 5.75 Å². The molecule has 0 aliphatic carbocycles. The van der Waals surface area contributed by atoms with E-state index in [0.29, 0.717) is 6.42 Å². The van der Waals surface area contributed by atoms with Gasteiger partial charge >= 0.3 is 0 Å². The number of aromatic nitrogens is 1. The van der Waals surface area contributed by atoms with E-state index < -0.39 is 0 Å². The van der Waals surface area contributed by atoms with Crippen LogP contribution in [0.4, 0.5) is 0 Å². The van der Waals surface area contributed by atoms with Gasteiger partial charge in [0, 0.05) is 29.1 Å². The van der Waals surface area contributed by atoms with Crippen LogP contribution in [0.5, 0.6) is 5.75 Å². The van der Waals surface area contributed by atoms with E-state index in [4.69, 9.17) is 4.74 Å². The zero-order chi connectivity index (χ0) is 14.4.